The number of rotatable bonds is 4. The quantitative estimate of drug-likeness (QED) is 0.233. The van der Waals surface area contributed by atoms with E-state index in [2.05, 4.69) is 0 Å². The Bertz CT molecular complexity index is 1700. The van der Waals surface area contributed by atoms with Crippen LogP contribution in [0.15, 0.2) is 140 Å². The molecule has 0 saturated heterocycles. The summed E-state index contributed by atoms with van der Waals surface area (Å²) in [5.74, 6) is 0. The maximum Gasteiger partial charge on any atom is 0.336 e. The predicted molar refractivity (Wildman–Crippen MR) is 156 cm³/mol. The summed E-state index contributed by atoms with van der Waals surface area (Å²) in [5, 5.41) is 1.88. The van der Waals surface area contributed by atoms with E-state index < -0.39 is 0 Å². The van der Waals surface area contributed by atoms with Crippen LogP contribution in [0.3, 0.4) is 0 Å². The van der Waals surface area contributed by atoms with E-state index in [1.165, 1.54) is 12.1 Å². The van der Waals surface area contributed by atoms with Crippen molar-refractivity contribution in [1.82, 2.24) is 0 Å². The summed E-state index contributed by atoms with van der Waals surface area (Å²) < 4.78 is 10.3. The van der Waals surface area contributed by atoms with Crippen molar-refractivity contribution in [2.75, 3.05) is 0 Å². The van der Waals surface area contributed by atoms with E-state index in [1.807, 2.05) is 121 Å². The van der Waals surface area contributed by atoms with Crippen molar-refractivity contribution >= 4 is 46.2 Å². The first-order valence-corrected chi connectivity index (χ1v) is 12.2. The normalized spacial score (nSPS) is 11.2. The van der Waals surface area contributed by atoms with Crippen molar-refractivity contribution in [3.05, 3.63) is 164 Å². The number of para-hydroxylation sites is 2. The van der Waals surface area contributed by atoms with Crippen LogP contribution in [0.2, 0.25) is 0 Å². The summed E-state index contributed by atoms with van der Waals surface area (Å²) in [7, 11) is 0. The van der Waals surface area contributed by atoms with Crippen LogP contribution in [0.5, 0.6) is 0 Å². The van der Waals surface area contributed by atoms with E-state index in [1.54, 1.807) is 12.1 Å². The minimum absolute atomic E-state index is 0.327. The fraction of sp³-hybridized carbons (Fsp3) is 0. The van der Waals surface area contributed by atoms with Crippen LogP contribution in [-0.2, 0) is 0 Å². The monoisotopic (exact) mass is 496 g/mol. The Labute approximate surface area is 219 Å². The first-order valence-electron chi connectivity index (χ1n) is 12.2. The van der Waals surface area contributed by atoms with E-state index in [-0.39, 0.29) is 11.3 Å². The highest BCUT2D eigenvalue weighted by molar-refractivity contribution is 5.90. The van der Waals surface area contributed by atoms with Gasteiger partial charge in [-0.15, -0.1) is 0 Å². The van der Waals surface area contributed by atoms with Gasteiger partial charge < -0.3 is 8.83 Å². The van der Waals surface area contributed by atoms with Gasteiger partial charge in [0.25, 0.3) is 0 Å². The average molecular weight is 497 g/mol. The molecule has 0 spiro atoms. The Balaban J connectivity index is 0.000000155. The smallest absolute Gasteiger partial charge is 0.336 e. The first-order chi connectivity index (χ1) is 18.7. The van der Waals surface area contributed by atoms with Gasteiger partial charge in [-0.2, -0.15) is 0 Å². The molecule has 0 aliphatic heterocycles. The second-order valence-electron chi connectivity index (χ2n) is 8.52. The molecule has 38 heavy (non-hydrogen) atoms. The molecular formula is C34H24O4. The van der Waals surface area contributed by atoms with Gasteiger partial charge in [0.2, 0.25) is 0 Å². The van der Waals surface area contributed by atoms with E-state index in [0.29, 0.717) is 11.2 Å². The van der Waals surface area contributed by atoms with Crippen LogP contribution in [-0.4, -0.2) is 0 Å². The van der Waals surface area contributed by atoms with Crippen LogP contribution in [0.4, 0.5) is 0 Å². The van der Waals surface area contributed by atoms with Gasteiger partial charge in [0, 0.05) is 22.9 Å². The zero-order valence-corrected chi connectivity index (χ0v) is 20.5. The molecule has 0 N–H and O–H groups in total. The second kappa shape index (κ2) is 11.7. The standard InChI is InChI=1S/2C17H12O2/c2*18-17-12-14(11-10-13-6-2-1-3-7-13)15-8-4-5-9-16(15)19-17/h2*1-12H/b2*11-10+. The van der Waals surface area contributed by atoms with Gasteiger partial charge in [-0.25, -0.2) is 9.59 Å². The van der Waals surface area contributed by atoms with Crippen molar-refractivity contribution in [2.24, 2.45) is 0 Å². The van der Waals surface area contributed by atoms with Gasteiger partial charge in [0.1, 0.15) is 11.2 Å². The van der Waals surface area contributed by atoms with Gasteiger partial charge in [-0.05, 0) is 34.4 Å². The molecule has 184 valence electrons. The molecule has 0 amide bonds. The van der Waals surface area contributed by atoms with Crippen LogP contribution < -0.4 is 11.3 Å². The molecule has 0 atom stereocenters. The molecular weight excluding hydrogens is 472 g/mol. The number of hydrogen-bond donors (Lipinski definition) is 0. The molecule has 6 rings (SSSR count). The van der Waals surface area contributed by atoms with E-state index in [4.69, 9.17) is 8.83 Å². The van der Waals surface area contributed by atoms with Crippen LogP contribution in [0.25, 0.3) is 46.2 Å². The molecule has 0 fully saturated rings. The number of benzene rings is 4. The molecule has 0 radical (unpaired) electrons. The molecule has 4 heteroatoms. The van der Waals surface area contributed by atoms with Crippen molar-refractivity contribution < 1.29 is 8.83 Å². The van der Waals surface area contributed by atoms with Crippen LogP contribution in [0.1, 0.15) is 22.3 Å². The van der Waals surface area contributed by atoms with Gasteiger partial charge in [-0.1, -0.05) is 121 Å². The summed E-state index contributed by atoms with van der Waals surface area (Å²) in [6.45, 7) is 0. The third-order valence-electron chi connectivity index (χ3n) is 5.87. The lowest BCUT2D eigenvalue weighted by Crippen LogP contribution is -1.97. The predicted octanol–water partition coefficient (Wildman–Crippen LogP) is 7.93. The van der Waals surface area contributed by atoms with E-state index in [9.17, 15) is 9.59 Å². The topological polar surface area (TPSA) is 60.4 Å². The zero-order valence-electron chi connectivity index (χ0n) is 20.5. The van der Waals surface area contributed by atoms with Gasteiger partial charge >= 0.3 is 11.3 Å². The Morgan fingerprint density at radius 3 is 1.21 bits per heavy atom. The van der Waals surface area contributed by atoms with E-state index >= 15 is 0 Å². The fourth-order valence-electron chi connectivity index (χ4n) is 4.05. The van der Waals surface area contributed by atoms with Crippen molar-refractivity contribution in [3.63, 3.8) is 0 Å². The second-order valence-corrected chi connectivity index (χ2v) is 8.52. The lowest BCUT2D eigenvalue weighted by atomic mass is 10.1. The molecule has 4 aromatic carbocycles. The zero-order chi connectivity index (χ0) is 26.2. The minimum Gasteiger partial charge on any atom is -0.423 e. The van der Waals surface area contributed by atoms with E-state index in [0.717, 1.165) is 33.0 Å². The Hall–Kier alpha value is -5.22. The molecule has 0 saturated carbocycles. The molecule has 0 aliphatic carbocycles. The third-order valence-corrected chi connectivity index (χ3v) is 5.87. The Kier molecular flexibility index (Phi) is 7.52. The molecule has 6 aromatic rings. The molecule has 2 heterocycles. The maximum absolute atomic E-state index is 11.5. The summed E-state index contributed by atoms with van der Waals surface area (Å²) in [6, 6.07) is 38.1. The summed E-state index contributed by atoms with van der Waals surface area (Å²) in [4.78, 5) is 23.0. The van der Waals surface area contributed by atoms with Crippen molar-refractivity contribution in [3.8, 4) is 0 Å². The molecule has 2 aromatic heterocycles. The summed E-state index contributed by atoms with van der Waals surface area (Å²) >= 11 is 0. The first kappa shape index (κ1) is 24.5. The lowest BCUT2D eigenvalue weighted by Gasteiger charge is -2.00. The maximum atomic E-state index is 11.5. The Morgan fingerprint density at radius 1 is 0.421 bits per heavy atom. The molecule has 0 bridgehead atoms. The number of fused-ring (bicyclic) bond motifs is 2. The van der Waals surface area contributed by atoms with Crippen LogP contribution in [0, 0.1) is 0 Å². The fourth-order valence-corrected chi connectivity index (χ4v) is 4.05. The number of hydrogen-bond acceptors (Lipinski definition) is 4. The summed E-state index contributed by atoms with van der Waals surface area (Å²) in [6.07, 6.45) is 7.85. The largest absolute Gasteiger partial charge is 0.423 e. The average Bonchev–Trinajstić information content (AvgIpc) is 2.96. The lowest BCUT2D eigenvalue weighted by molar-refractivity contribution is 0.560. The van der Waals surface area contributed by atoms with Crippen molar-refractivity contribution in [2.45, 2.75) is 0 Å². The van der Waals surface area contributed by atoms with Gasteiger partial charge in [0.05, 0.1) is 0 Å². The highest BCUT2D eigenvalue weighted by atomic mass is 16.4. The molecule has 0 aliphatic rings. The molecule has 0 unspecified atom stereocenters. The van der Waals surface area contributed by atoms with Crippen molar-refractivity contribution in [1.29, 1.82) is 0 Å². The summed E-state index contributed by atoms with van der Waals surface area (Å²) in [5.41, 5.74) is 4.51. The van der Waals surface area contributed by atoms with Gasteiger partial charge in [-0.3, -0.25) is 0 Å². The highest BCUT2D eigenvalue weighted by Crippen LogP contribution is 2.20. The van der Waals surface area contributed by atoms with Gasteiger partial charge in [0.15, 0.2) is 0 Å². The third kappa shape index (κ3) is 6.12. The molecule has 4 nitrogen and oxygen atoms in total. The highest BCUT2D eigenvalue weighted by Gasteiger charge is 2.02. The SMILES string of the molecule is O=c1cc(/C=C/c2ccccc2)c2ccccc2o1.O=c1cc(/C=C/c2ccccc2)c2ccccc2o1. The van der Waals surface area contributed by atoms with Crippen LogP contribution >= 0.6 is 0 Å². The Morgan fingerprint density at radius 2 is 0.789 bits per heavy atom. The minimum atomic E-state index is -0.327.